The van der Waals surface area contributed by atoms with Gasteiger partial charge in [0, 0.05) is 31.8 Å². The topological polar surface area (TPSA) is 124 Å². The highest BCUT2D eigenvalue weighted by Gasteiger charge is 2.39. The quantitative estimate of drug-likeness (QED) is 0.768. The molecule has 2 heterocycles. The number of aromatic nitrogens is 3. The molecule has 0 bridgehead atoms. The van der Waals surface area contributed by atoms with Crippen LogP contribution < -0.4 is 10.6 Å². The number of rotatable bonds is 6. The summed E-state index contributed by atoms with van der Waals surface area (Å²) in [5.74, 6) is 0.706. The number of pyridine rings is 1. The Kier molecular flexibility index (Phi) is 5.73. The second-order valence-corrected chi connectivity index (χ2v) is 7.43. The number of hydrogen-bond donors (Lipinski definition) is 2. The van der Waals surface area contributed by atoms with Gasteiger partial charge < -0.3 is 15.5 Å². The second kappa shape index (κ2) is 8.22. The Labute approximate surface area is 169 Å². The molecule has 2 aromatic rings. The van der Waals surface area contributed by atoms with Crippen LogP contribution in [0.15, 0.2) is 24.7 Å². The van der Waals surface area contributed by atoms with Gasteiger partial charge in [-0.25, -0.2) is 9.97 Å². The summed E-state index contributed by atoms with van der Waals surface area (Å²) < 4.78 is 0. The largest absolute Gasteiger partial charge is 0.372 e. The minimum atomic E-state index is -0.525. The van der Waals surface area contributed by atoms with Crippen molar-refractivity contribution in [2.45, 2.75) is 26.3 Å². The summed E-state index contributed by atoms with van der Waals surface area (Å²) in [6.07, 6.45) is 5.45. The highest BCUT2D eigenvalue weighted by Crippen LogP contribution is 2.38. The lowest BCUT2D eigenvalue weighted by atomic mass is 10.1. The molecule has 1 saturated carbocycles. The number of nitrogens with zero attached hydrogens (tertiary/aromatic N) is 5. The van der Waals surface area contributed by atoms with Gasteiger partial charge in [0.25, 0.3) is 0 Å². The highest BCUT2D eigenvalue weighted by atomic mass is 16.2. The van der Waals surface area contributed by atoms with Crippen LogP contribution in [0.5, 0.6) is 0 Å². The fourth-order valence-electron chi connectivity index (χ4n) is 2.93. The number of carbonyl (C=O) groups excluding carboxylic acids is 2. The van der Waals surface area contributed by atoms with Crippen molar-refractivity contribution in [1.29, 1.82) is 5.26 Å². The molecule has 9 nitrogen and oxygen atoms in total. The zero-order chi connectivity index (χ0) is 21.1. The van der Waals surface area contributed by atoms with Gasteiger partial charge in [-0.2, -0.15) is 5.26 Å². The maximum atomic E-state index is 12.1. The summed E-state index contributed by atoms with van der Waals surface area (Å²) in [7, 11) is 3.33. The third-order valence-corrected chi connectivity index (χ3v) is 4.82. The summed E-state index contributed by atoms with van der Waals surface area (Å²) in [5, 5.41) is 15.1. The normalized spacial score (nSPS) is 18.3. The number of nitriles is 1. The second-order valence-electron chi connectivity index (χ2n) is 7.43. The van der Waals surface area contributed by atoms with Gasteiger partial charge >= 0.3 is 0 Å². The number of carbonyl (C=O) groups is 2. The van der Waals surface area contributed by atoms with E-state index in [9.17, 15) is 14.9 Å². The first-order chi connectivity index (χ1) is 13.8. The molecule has 1 aliphatic carbocycles. The van der Waals surface area contributed by atoms with Crippen molar-refractivity contribution in [1.82, 2.24) is 19.9 Å². The maximum absolute atomic E-state index is 12.1. The van der Waals surface area contributed by atoms with E-state index in [-0.39, 0.29) is 23.4 Å². The van der Waals surface area contributed by atoms with E-state index in [1.165, 1.54) is 23.5 Å². The van der Waals surface area contributed by atoms with Crippen molar-refractivity contribution >= 4 is 23.3 Å². The van der Waals surface area contributed by atoms with Crippen molar-refractivity contribution in [2.75, 3.05) is 24.7 Å². The smallest absolute Gasteiger partial charge is 0.244 e. The van der Waals surface area contributed by atoms with Gasteiger partial charge in [0.2, 0.25) is 11.8 Å². The Hall–Kier alpha value is -3.54. The standard InChI is InChI=1S/C20H23N7O2/c1-11-5-14(11)19(28)26-18-10-23-17(9-24-18)13-6-15(16(7-21)22-8-13)25-12(2)20(29)27(3)4/h6,8-12,14,25H,5H2,1-4H3,(H,24,26,28)/t11-,12?,14+/m1/s1. The first kappa shape index (κ1) is 20.2. The average Bonchev–Trinajstić information content (AvgIpc) is 3.44. The van der Waals surface area contributed by atoms with Gasteiger partial charge in [0.15, 0.2) is 11.5 Å². The average molecular weight is 393 g/mol. The van der Waals surface area contributed by atoms with E-state index in [1.54, 1.807) is 27.1 Å². The lowest BCUT2D eigenvalue weighted by molar-refractivity contribution is -0.129. The van der Waals surface area contributed by atoms with E-state index in [2.05, 4.69) is 25.6 Å². The molecule has 0 radical (unpaired) electrons. The monoisotopic (exact) mass is 393 g/mol. The van der Waals surface area contributed by atoms with Gasteiger partial charge in [-0.1, -0.05) is 6.92 Å². The Morgan fingerprint density at radius 2 is 1.97 bits per heavy atom. The van der Waals surface area contributed by atoms with Crippen LogP contribution in [-0.2, 0) is 9.59 Å². The molecule has 150 valence electrons. The molecule has 29 heavy (non-hydrogen) atoms. The molecule has 3 atom stereocenters. The molecule has 0 saturated heterocycles. The van der Waals surface area contributed by atoms with E-state index in [4.69, 9.17) is 0 Å². The first-order valence-corrected chi connectivity index (χ1v) is 9.31. The summed E-state index contributed by atoms with van der Waals surface area (Å²) in [5.41, 5.74) is 1.80. The molecule has 1 aliphatic rings. The third kappa shape index (κ3) is 4.66. The van der Waals surface area contributed by atoms with Gasteiger partial charge in [-0.15, -0.1) is 0 Å². The minimum Gasteiger partial charge on any atom is -0.372 e. The Bertz CT molecular complexity index is 966. The van der Waals surface area contributed by atoms with Crippen molar-refractivity contribution in [3.63, 3.8) is 0 Å². The fourth-order valence-corrected chi connectivity index (χ4v) is 2.93. The number of nitrogens with one attached hydrogen (secondary N) is 2. The summed E-state index contributed by atoms with van der Waals surface area (Å²) >= 11 is 0. The lowest BCUT2D eigenvalue weighted by Crippen LogP contribution is -2.36. The number of hydrogen-bond acceptors (Lipinski definition) is 7. The van der Waals surface area contributed by atoms with Crippen molar-refractivity contribution in [3.05, 3.63) is 30.4 Å². The van der Waals surface area contributed by atoms with Crippen LogP contribution in [-0.4, -0.2) is 51.8 Å². The van der Waals surface area contributed by atoms with Gasteiger partial charge in [0.1, 0.15) is 12.1 Å². The molecule has 1 unspecified atom stereocenters. The Morgan fingerprint density at radius 1 is 1.24 bits per heavy atom. The van der Waals surface area contributed by atoms with E-state index in [0.29, 0.717) is 28.7 Å². The van der Waals surface area contributed by atoms with Crippen LogP contribution in [0.2, 0.25) is 0 Å². The summed E-state index contributed by atoms with van der Waals surface area (Å²) in [6, 6.07) is 3.20. The van der Waals surface area contributed by atoms with E-state index in [0.717, 1.165) is 6.42 Å². The van der Waals surface area contributed by atoms with Crippen LogP contribution in [0.3, 0.4) is 0 Å². The predicted octanol–water partition coefficient (Wildman–Crippen LogP) is 1.89. The molecule has 0 aromatic carbocycles. The van der Waals surface area contributed by atoms with Gasteiger partial charge in [0.05, 0.1) is 23.8 Å². The number of likely N-dealkylation sites (N-methyl/N-ethyl adjacent to an activating group) is 1. The van der Waals surface area contributed by atoms with Gasteiger partial charge in [-0.3, -0.25) is 14.6 Å². The number of amides is 2. The SMILES string of the molecule is CC(Nc1cc(-c2cnc(NC(=O)[C@H]3C[C@H]3C)cn2)cnc1C#N)C(=O)N(C)C. The molecule has 9 heteroatoms. The zero-order valence-electron chi connectivity index (χ0n) is 16.8. The van der Waals surface area contributed by atoms with Crippen LogP contribution in [0.1, 0.15) is 26.0 Å². The first-order valence-electron chi connectivity index (χ1n) is 9.31. The van der Waals surface area contributed by atoms with Crippen molar-refractivity contribution in [2.24, 2.45) is 11.8 Å². The molecule has 2 N–H and O–H groups in total. The maximum Gasteiger partial charge on any atom is 0.244 e. The molecule has 0 spiro atoms. The minimum absolute atomic E-state index is 0.0365. The van der Waals surface area contributed by atoms with Gasteiger partial charge in [-0.05, 0) is 25.3 Å². The molecular weight excluding hydrogens is 370 g/mol. The predicted molar refractivity (Wildman–Crippen MR) is 108 cm³/mol. The zero-order valence-corrected chi connectivity index (χ0v) is 16.8. The fraction of sp³-hybridized carbons (Fsp3) is 0.400. The van der Waals surface area contributed by atoms with Crippen molar-refractivity contribution < 1.29 is 9.59 Å². The van der Waals surface area contributed by atoms with E-state index >= 15 is 0 Å². The Balaban J connectivity index is 1.77. The van der Waals surface area contributed by atoms with Crippen LogP contribution >= 0.6 is 0 Å². The molecule has 2 amide bonds. The molecule has 3 rings (SSSR count). The van der Waals surface area contributed by atoms with Crippen LogP contribution in [0.25, 0.3) is 11.3 Å². The lowest BCUT2D eigenvalue weighted by Gasteiger charge is -2.19. The molecule has 2 aromatic heterocycles. The Morgan fingerprint density at radius 3 is 2.52 bits per heavy atom. The van der Waals surface area contributed by atoms with E-state index in [1.807, 2.05) is 13.0 Å². The summed E-state index contributed by atoms with van der Waals surface area (Å²) in [6.45, 7) is 3.75. The molecular formula is C20H23N7O2. The summed E-state index contributed by atoms with van der Waals surface area (Å²) in [4.78, 5) is 38.3. The highest BCUT2D eigenvalue weighted by molar-refractivity contribution is 5.93. The molecule has 1 fully saturated rings. The van der Waals surface area contributed by atoms with Crippen molar-refractivity contribution in [3.8, 4) is 17.3 Å². The number of anilines is 2. The molecule has 0 aliphatic heterocycles. The third-order valence-electron chi connectivity index (χ3n) is 4.82. The van der Waals surface area contributed by atoms with E-state index < -0.39 is 6.04 Å². The van der Waals surface area contributed by atoms with Crippen LogP contribution in [0.4, 0.5) is 11.5 Å². The van der Waals surface area contributed by atoms with Crippen LogP contribution in [0, 0.1) is 23.2 Å².